The van der Waals surface area contributed by atoms with Gasteiger partial charge >= 0.3 is 5.97 Å². The largest absolute Gasteiger partial charge is 0.508 e. The van der Waals surface area contributed by atoms with Crippen LogP contribution in [0.4, 0.5) is 0 Å². The van der Waals surface area contributed by atoms with Crippen molar-refractivity contribution in [1.29, 1.82) is 0 Å². The van der Waals surface area contributed by atoms with E-state index in [2.05, 4.69) is 12.1 Å². The Kier molecular flexibility index (Phi) is 7.96. The molecule has 1 atom stereocenters. The van der Waals surface area contributed by atoms with Gasteiger partial charge in [0.1, 0.15) is 11.5 Å². The third-order valence-electron chi connectivity index (χ3n) is 6.40. The number of benzene rings is 3. The SMILES string of the molecule is CCOC(=O)COc1ccc(S(=O)(=O)N2Cc3cc(O)ccc3C(CCc3ccccc3)C2)cc1C. The average molecular weight is 510 g/mol. The molecule has 1 aliphatic rings. The molecule has 3 aromatic carbocycles. The number of nitrogens with zero attached hydrogens (tertiary/aromatic N) is 1. The highest BCUT2D eigenvalue weighted by molar-refractivity contribution is 7.89. The van der Waals surface area contributed by atoms with Gasteiger partial charge in [0.05, 0.1) is 11.5 Å². The zero-order chi connectivity index (χ0) is 25.7. The minimum Gasteiger partial charge on any atom is -0.508 e. The molecule has 1 unspecified atom stereocenters. The number of rotatable bonds is 9. The lowest BCUT2D eigenvalue weighted by Gasteiger charge is -2.34. The van der Waals surface area contributed by atoms with Crippen molar-refractivity contribution in [3.8, 4) is 11.5 Å². The zero-order valence-electron chi connectivity index (χ0n) is 20.5. The maximum absolute atomic E-state index is 13.7. The van der Waals surface area contributed by atoms with Crippen molar-refractivity contribution in [1.82, 2.24) is 4.31 Å². The fourth-order valence-corrected chi connectivity index (χ4v) is 6.12. The molecule has 0 saturated heterocycles. The second-order valence-electron chi connectivity index (χ2n) is 8.92. The standard InChI is InChI=1S/C28H31NO6S/c1-3-34-28(31)19-35-27-14-12-25(15-20(27)2)36(32,33)29-17-22(10-9-21-7-5-4-6-8-21)26-13-11-24(30)16-23(26)18-29/h4-8,11-16,22,30H,3,9-10,17-19H2,1-2H3. The van der Waals surface area contributed by atoms with Gasteiger partial charge in [-0.1, -0.05) is 36.4 Å². The minimum absolute atomic E-state index is 0.00221. The maximum Gasteiger partial charge on any atom is 0.344 e. The summed E-state index contributed by atoms with van der Waals surface area (Å²) in [5, 5.41) is 10.1. The van der Waals surface area contributed by atoms with Crippen LogP contribution in [0.1, 0.15) is 41.5 Å². The van der Waals surface area contributed by atoms with E-state index in [0.29, 0.717) is 17.9 Å². The van der Waals surface area contributed by atoms with Crippen molar-refractivity contribution in [3.05, 3.63) is 89.0 Å². The van der Waals surface area contributed by atoms with Crippen molar-refractivity contribution in [2.24, 2.45) is 0 Å². The Morgan fingerprint density at radius 2 is 1.86 bits per heavy atom. The van der Waals surface area contributed by atoms with Crippen LogP contribution in [0.5, 0.6) is 11.5 Å². The van der Waals surface area contributed by atoms with Gasteiger partial charge < -0.3 is 14.6 Å². The zero-order valence-corrected chi connectivity index (χ0v) is 21.3. The van der Waals surface area contributed by atoms with Gasteiger partial charge in [-0.3, -0.25) is 0 Å². The van der Waals surface area contributed by atoms with E-state index in [0.717, 1.165) is 24.0 Å². The number of aryl methyl sites for hydroxylation is 2. The fraction of sp³-hybridized carbons (Fsp3) is 0.321. The van der Waals surface area contributed by atoms with E-state index in [9.17, 15) is 18.3 Å². The predicted octanol–water partition coefficient (Wildman–Crippen LogP) is 4.56. The van der Waals surface area contributed by atoms with Crippen LogP contribution in [0.3, 0.4) is 0 Å². The molecule has 3 aromatic rings. The van der Waals surface area contributed by atoms with Crippen molar-refractivity contribution >= 4 is 16.0 Å². The lowest BCUT2D eigenvalue weighted by atomic mass is 9.86. The highest BCUT2D eigenvalue weighted by Crippen LogP contribution is 2.36. The Morgan fingerprint density at radius 3 is 2.58 bits per heavy atom. The van der Waals surface area contributed by atoms with Crippen molar-refractivity contribution in [2.45, 2.75) is 44.0 Å². The summed E-state index contributed by atoms with van der Waals surface area (Å²) in [6.45, 7) is 4.03. The van der Waals surface area contributed by atoms with E-state index in [1.165, 1.54) is 15.9 Å². The van der Waals surface area contributed by atoms with Gasteiger partial charge in [-0.15, -0.1) is 0 Å². The second kappa shape index (κ2) is 11.1. The number of carbonyl (C=O) groups is 1. The van der Waals surface area contributed by atoms with Gasteiger partial charge in [0, 0.05) is 13.1 Å². The molecule has 1 aliphatic heterocycles. The summed E-state index contributed by atoms with van der Waals surface area (Å²) < 4.78 is 39.2. The van der Waals surface area contributed by atoms with Crippen LogP contribution in [0.15, 0.2) is 71.6 Å². The molecule has 0 saturated carbocycles. The Hall–Kier alpha value is -3.36. The maximum atomic E-state index is 13.7. The van der Waals surface area contributed by atoms with Gasteiger partial charge in [-0.05, 0) is 85.2 Å². The van der Waals surface area contributed by atoms with Gasteiger partial charge in [0.2, 0.25) is 10.0 Å². The van der Waals surface area contributed by atoms with E-state index < -0.39 is 16.0 Å². The monoisotopic (exact) mass is 509 g/mol. The molecular formula is C28H31NO6S. The molecule has 1 N–H and O–H groups in total. The first-order valence-electron chi connectivity index (χ1n) is 12.0. The lowest BCUT2D eigenvalue weighted by molar-refractivity contribution is -0.145. The fourth-order valence-electron chi connectivity index (χ4n) is 4.57. The van der Waals surface area contributed by atoms with Crippen LogP contribution in [0.2, 0.25) is 0 Å². The molecule has 0 bridgehead atoms. The molecule has 0 aliphatic carbocycles. The number of carbonyl (C=O) groups excluding carboxylic acids is 1. The Bertz CT molecular complexity index is 1320. The van der Waals surface area contributed by atoms with Gasteiger partial charge in [0.15, 0.2) is 6.61 Å². The number of fused-ring (bicyclic) bond motifs is 1. The predicted molar refractivity (Wildman–Crippen MR) is 137 cm³/mol. The number of ether oxygens (including phenoxy) is 2. The molecule has 7 nitrogen and oxygen atoms in total. The number of aromatic hydroxyl groups is 1. The summed E-state index contributed by atoms with van der Waals surface area (Å²) in [7, 11) is -3.81. The first kappa shape index (κ1) is 25.7. The number of sulfonamides is 1. The van der Waals surface area contributed by atoms with Crippen LogP contribution in [0.25, 0.3) is 0 Å². The van der Waals surface area contributed by atoms with Crippen molar-refractivity contribution < 1.29 is 27.8 Å². The van der Waals surface area contributed by atoms with Crippen molar-refractivity contribution in [2.75, 3.05) is 19.8 Å². The highest BCUT2D eigenvalue weighted by atomic mass is 32.2. The lowest BCUT2D eigenvalue weighted by Crippen LogP contribution is -2.38. The number of phenolic OH excluding ortho intramolecular Hbond substituents is 1. The van der Waals surface area contributed by atoms with Crippen LogP contribution >= 0.6 is 0 Å². The van der Waals surface area contributed by atoms with E-state index >= 15 is 0 Å². The third-order valence-corrected chi connectivity index (χ3v) is 8.20. The summed E-state index contributed by atoms with van der Waals surface area (Å²) in [5.41, 5.74) is 3.70. The molecule has 8 heteroatoms. The third kappa shape index (κ3) is 5.88. The summed E-state index contributed by atoms with van der Waals surface area (Å²) in [6.07, 6.45) is 1.61. The smallest absolute Gasteiger partial charge is 0.344 e. The molecule has 0 fully saturated rings. The quantitative estimate of drug-likeness (QED) is 0.425. The Morgan fingerprint density at radius 1 is 1.08 bits per heavy atom. The first-order valence-corrected chi connectivity index (χ1v) is 13.5. The first-order chi connectivity index (χ1) is 17.3. The van der Waals surface area contributed by atoms with Gasteiger partial charge in [-0.25, -0.2) is 13.2 Å². The molecule has 0 spiro atoms. The van der Waals surface area contributed by atoms with Crippen LogP contribution in [-0.4, -0.2) is 43.6 Å². The topological polar surface area (TPSA) is 93.1 Å². The summed E-state index contributed by atoms with van der Waals surface area (Å²) in [5.74, 6) is 0.0633. The molecule has 4 rings (SSSR count). The van der Waals surface area contributed by atoms with E-state index in [-0.39, 0.29) is 36.3 Å². The second-order valence-corrected chi connectivity index (χ2v) is 10.9. The average Bonchev–Trinajstić information content (AvgIpc) is 2.86. The molecule has 0 aromatic heterocycles. The van der Waals surface area contributed by atoms with Crippen LogP contribution in [0, 0.1) is 6.92 Å². The molecule has 36 heavy (non-hydrogen) atoms. The molecule has 190 valence electrons. The summed E-state index contributed by atoms with van der Waals surface area (Å²) >= 11 is 0. The van der Waals surface area contributed by atoms with E-state index in [1.54, 1.807) is 38.1 Å². The van der Waals surface area contributed by atoms with E-state index in [1.807, 2.05) is 24.3 Å². The summed E-state index contributed by atoms with van der Waals surface area (Å²) in [6, 6.07) is 20.0. The van der Waals surface area contributed by atoms with E-state index in [4.69, 9.17) is 9.47 Å². The van der Waals surface area contributed by atoms with Gasteiger partial charge in [-0.2, -0.15) is 4.31 Å². The van der Waals surface area contributed by atoms with Crippen LogP contribution in [-0.2, 0) is 32.5 Å². The Labute approximate surface area is 212 Å². The van der Waals surface area contributed by atoms with Crippen molar-refractivity contribution in [3.63, 3.8) is 0 Å². The molecule has 1 heterocycles. The summed E-state index contributed by atoms with van der Waals surface area (Å²) in [4.78, 5) is 11.8. The molecular weight excluding hydrogens is 478 g/mol. The number of hydrogen-bond donors (Lipinski definition) is 1. The normalized spacial score (nSPS) is 15.8. The highest BCUT2D eigenvalue weighted by Gasteiger charge is 2.33. The van der Waals surface area contributed by atoms with Crippen LogP contribution < -0.4 is 4.74 Å². The molecule has 0 radical (unpaired) electrons. The number of esters is 1. The van der Waals surface area contributed by atoms with Gasteiger partial charge in [0.25, 0.3) is 0 Å². The Balaban J connectivity index is 1.56. The molecule has 0 amide bonds. The number of hydrogen-bond acceptors (Lipinski definition) is 6. The number of phenols is 1. The minimum atomic E-state index is -3.81.